The summed E-state index contributed by atoms with van der Waals surface area (Å²) in [5.74, 6) is 0.00709. The van der Waals surface area contributed by atoms with Crippen LogP contribution < -0.4 is 10.1 Å². The Labute approximate surface area is 134 Å². The third-order valence-corrected chi connectivity index (χ3v) is 3.21. The van der Waals surface area contributed by atoms with Crippen molar-refractivity contribution < 1.29 is 14.5 Å². The molecule has 0 aliphatic heterocycles. The fourth-order valence-electron chi connectivity index (χ4n) is 2.32. The summed E-state index contributed by atoms with van der Waals surface area (Å²) in [6.45, 7) is 5.99. The lowest BCUT2D eigenvalue weighted by Gasteiger charge is -2.09. The molecule has 0 aliphatic carbocycles. The number of nitrogens with one attached hydrogen (secondary N) is 1. The third-order valence-electron chi connectivity index (χ3n) is 3.21. The number of anilines is 1. The molecule has 2 rings (SSSR count). The molecule has 0 atom stereocenters. The molecule has 0 saturated carbocycles. The molecule has 0 saturated heterocycles. The number of nitro benzene ring substituents is 1. The van der Waals surface area contributed by atoms with Gasteiger partial charge in [-0.3, -0.25) is 14.9 Å². The number of nitro groups is 1. The molecule has 0 unspecified atom stereocenters. The molecule has 23 heavy (non-hydrogen) atoms. The Bertz CT molecular complexity index is 736. The maximum absolute atomic E-state index is 12.3. The fourth-order valence-corrected chi connectivity index (χ4v) is 2.32. The first-order chi connectivity index (χ1) is 10.9. The van der Waals surface area contributed by atoms with Gasteiger partial charge in [-0.25, -0.2) is 0 Å². The minimum Gasteiger partial charge on any atom is -0.494 e. The van der Waals surface area contributed by atoms with Crippen LogP contribution in [0.15, 0.2) is 36.4 Å². The van der Waals surface area contributed by atoms with Crippen LogP contribution in [-0.2, 0) is 0 Å². The molecule has 1 amide bonds. The number of nitrogens with zero attached hydrogens (tertiary/aromatic N) is 1. The Morgan fingerprint density at radius 3 is 2.39 bits per heavy atom. The van der Waals surface area contributed by atoms with Crippen molar-refractivity contribution in [3.63, 3.8) is 0 Å². The summed E-state index contributed by atoms with van der Waals surface area (Å²) >= 11 is 0. The van der Waals surface area contributed by atoms with Gasteiger partial charge in [-0.05, 0) is 45.0 Å². The first-order valence-corrected chi connectivity index (χ1v) is 7.21. The van der Waals surface area contributed by atoms with Crippen molar-refractivity contribution in [2.24, 2.45) is 0 Å². The van der Waals surface area contributed by atoms with Gasteiger partial charge in [0.25, 0.3) is 11.6 Å². The molecule has 6 nitrogen and oxygen atoms in total. The van der Waals surface area contributed by atoms with Crippen LogP contribution in [0.25, 0.3) is 0 Å². The number of hydrogen-bond acceptors (Lipinski definition) is 4. The van der Waals surface area contributed by atoms with Gasteiger partial charge in [0.2, 0.25) is 0 Å². The molecule has 6 heteroatoms. The summed E-state index contributed by atoms with van der Waals surface area (Å²) in [7, 11) is 0. The van der Waals surface area contributed by atoms with E-state index in [0.29, 0.717) is 17.9 Å². The van der Waals surface area contributed by atoms with E-state index in [0.717, 1.165) is 11.1 Å². The van der Waals surface area contributed by atoms with E-state index in [1.807, 2.05) is 19.9 Å². The normalized spacial score (nSPS) is 10.2. The zero-order chi connectivity index (χ0) is 17.0. The molecule has 0 heterocycles. The van der Waals surface area contributed by atoms with Gasteiger partial charge in [0, 0.05) is 5.56 Å². The SMILES string of the molecule is CCOc1ccc(NC(=O)c2cc(C)cc(C)c2)c([N+](=O)[O-])c1. The predicted molar refractivity (Wildman–Crippen MR) is 88.1 cm³/mol. The Morgan fingerprint density at radius 1 is 1.17 bits per heavy atom. The molecule has 0 aromatic heterocycles. The van der Waals surface area contributed by atoms with Crippen molar-refractivity contribution in [1.29, 1.82) is 0 Å². The van der Waals surface area contributed by atoms with Crippen LogP contribution in [0.2, 0.25) is 0 Å². The quantitative estimate of drug-likeness (QED) is 0.671. The summed E-state index contributed by atoms with van der Waals surface area (Å²) in [6.07, 6.45) is 0. The topological polar surface area (TPSA) is 81.5 Å². The van der Waals surface area contributed by atoms with E-state index in [-0.39, 0.29) is 17.3 Å². The van der Waals surface area contributed by atoms with Crippen LogP contribution in [0.3, 0.4) is 0 Å². The first kappa shape index (κ1) is 16.5. The monoisotopic (exact) mass is 314 g/mol. The first-order valence-electron chi connectivity index (χ1n) is 7.21. The Morgan fingerprint density at radius 2 is 1.83 bits per heavy atom. The summed E-state index contributed by atoms with van der Waals surface area (Å²) in [5.41, 5.74) is 2.31. The van der Waals surface area contributed by atoms with E-state index >= 15 is 0 Å². The predicted octanol–water partition coefficient (Wildman–Crippen LogP) is 3.86. The van der Waals surface area contributed by atoms with Crippen LogP contribution in [0, 0.1) is 24.0 Å². The van der Waals surface area contributed by atoms with Crippen LogP contribution in [-0.4, -0.2) is 17.4 Å². The second-order valence-electron chi connectivity index (χ2n) is 5.20. The molecular weight excluding hydrogens is 296 g/mol. The number of ether oxygens (including phenoxy) is 1. The summed E-state index contributed by atoms with van der Waals surface area (Å²) in [6, 6.07) is 9.81. The van der Waals surface area contributed by atoms with E-state index in [1.165, 1.54) is 12.1 Å². The third kappa shape index (κ3) is 4.06. The number of carbonyl (C=O) groups excluding carboxylic acids is 1. The van der Waals surface area contributed by atoms with E-state index in [2.05, 4.69) is 5.32 Å². The summed E-state index contributed by atoms with van der Waals surface area (Å²) in [4.78, 5) is 23.0. The molecular formula is C17H18N2O4. The molecule has 0 aliphatic rings. The van der Waals surface area contributed by atoms with Gasteiger partial charge >= 0.3 is 0 Å². The molecule has 2 aromatic carbocycles. The lowest BCUT2D eigenvalue weighted by Crippen LogP contribution is -2.13. The van der Waals surface area contributed by atoms with Crippen molar-refractivity contribution in [3.8, 4) is 5.75 Å². The zero-order valence-electron chi connectivity index (χ0n) is 13.3. The smallest absolute Gasteiger partial charge is 0.296 e. The van der Waals surface area contributed by atoms with Gasteiger partial charge in [-0.1, -0.05) is 17.2 Å². The molecule has 0 fully saturated rings. The second kappa shape index (κ2) is 6.91. The fraction of sp³-hybridized carbons (Fsp3) is 0.235. The van der Waals surface area contributed by atoms with Gasteiger partial charge < -0.3 is 10.1 Å². The number of hydrogen-bond donors (Lipinski definition) is 1. The van der Waals surface area contributed by atoms with Crippen LogP contribution in [0.5, 0.6) is 5.75 Å². The molecule has 0 radical (unpaired) electrons. The summed E-state index contributed by atoms with van der Waals surface area (Å²) in [5, 5.41) is 13.8. The molecule has 1 N–H and O–H groups in total. The average Bonchev–Trinajstić information content (AvgIpc) is 2.47. The zero-order valence-corrected chi connectivity index (χ0v) is 13.3. The minimum atomic E-state index is -0.542. The molecule has 120 valence electrons. The van der Waals surface area contributed by atoms with Gasteiger partial charge in [0.15, 0.2) is 0 Å². The number of amides is 1. The number of rotatable bonds is 5. The highest BCUT2D eigenvalue weighted by Gasteiger charge is 2.18. The number of aryl methyl sites for hydroxylation is 2. The highest BCUT2D eigenvalue weighted by atomic mass is 16.6. The largest absolute Gasteiger partial charge is 0.494 e. The number of carbonyl (C=O) groups is 1. The highest BCUT2D eigenvalue weighted by Crippen LogP contribution is 2.29. The minimum absolute atomic E-state index is 0.141. The van der Waals surface area contributed by atoms with Crippen molar-refractivity contribution in [1.82, 2.24) is 0 Å². The lowest BCUT2D eigenvalue weighted by molar-refractivity contribution is -0.384. The van der Waals surface area contributed by atoms with Gasteiger partial charge in [0.05, 0.1) is 17.6 Å². The number of benzene rings is 2. The Hall–Kier alpha value is -2.89. The summed E-state index contributed by atoms with van der Waals surface area (Å²) < 4.78 is 5.26. The second-order valence-corrected chi connectivity index (χ2v) is 5.20. The average molecular weight is 314 g/mol. The Balaban J connectivity index is 2.31. The van der Waals surface area contributed by atoms with E-state index < -0.39 is 4.92 Å². The van der Waals surface area contributed by atoms with Crippen molar-refractivity contribution in [2.45, 2.75) is 20.8 Å². The Kier molecular flexibility index (Phi) is 4.95. The van der Waals surface area contributed by atoms with Crippen molar-refractivity contribution in [2.75, 3.05) is 11.9 Å². The maximum atomic E-state index is 12.3. The van der Waals surface area contributed by atoms with E-state index in [9.17, 15) is 14.9 Å². The molecule has 0 spiro atoms. The maximum Gasteiger partial charge on any atom is 0.296 e. The van der Waals surface area contributed by atoms with Crippen LogP contribution in [0.4, 0.5) is 11.4 Å². The van der Waals surface area contributed by atoms with Gasteiger partial charge in [-0.2, -0.15) is 0 Å². The standard InChI is InChI=1S/C17H18N2O4/c1-4-23-14-5-6-15(16(10-14)19(21)22)18-17(20)13-8-11(2)7-12(3)9-13/h5-10H,4H2,1-3H3,(H,18,20). The molecule has 0 bridgehead atoms. The van der Waals surface area contributed by atoms with Crippen LogP contribution in [0.1, 0.15) is 28.4 Å². The van der Waals surface area contributed by atoms with Crippen molar-refractivity contribution in [3.05, 3.63) is 63.2 Å². The highest BCUT2D eigenvalue weighted by molar-refractivity contribution is 6.05. The lowest BCUT2D eigenvalue weighted by atomic mass is 10.1. The van der Waals surface area contributed by atoms with Gasteiger partial charge in [-0.15, -0.1) is 0 Å². The molecule has 2 aromatic rings. The van der Waals surface area contributed by atoms with E-state index in [1.54, 1.807) is 25.1 Å². The van der Waals surface area contributed by atoms with Crippen molar-refractivity contribution >= 4 is 17.3 Å². The van der Waals surface area contributed by atoms with E-state index in [4.69, 9.17) is 4.74 Å². The van der Waals surface area contributed by atoms with Gasteiger partial charge in [0.1, 0.15) is 11.4 Å². The van der Waals surface area contributed by atoms with Crippen LogP contribution >= 0.6 is 0 Å².